The fourth-order valence-corrected chi connectivity index (χ4v) is 6.28. The number of anilines is 1. The van der Waals surface area contributed by atoms with Crippen LogP contribution in [0, 0.1) is 11.8 Å². The highest BCUT2D eigenvalue weighted by atomic mass is 16.2. The number of H-pyrrole nitrogens is 1. The van der Waals surface area contributed by atoms with Crippen LogP contribution in [0.4, 0.5) is 5.69 Å². The van der Waals surface area contributed by atoms with Crippen LogP contribution in [0.3, 0.4) is 0 Å². The van der Waals surface area contributed by atoms with Crippen molar-refractivity contribution >= 4 is 28.4 Å². The van der Waals surface area contributed by atoms with Crippen LogP contribution in [-0.2, 0) is 29.0 Å². The number of nitrogens with zero attached hydrogens (tertiary/aromatic N) is 2. The fraction of sp³-hybridized carbons (Fsp3) is 0.448. The van der Waals surface area contributed by atoms with Gasteiger partial charge in [-0.25, -0.2) is 0 Å². The topological polar surface area (TPSA) is 68.4 Å². The number of para-hydroxylation sites is 1. The van der Waals surface area contributed by atoms with Gasteiger partial charge in [-0.15, -0.1) is 0 Å². The van der Waals surface area contributed by atoms with E-state index in [1.165, 1.54) is 28.5 Å². The third kappa shape index (κ3) is 4.59. The van der Waals surface area contributed by atoms with E-state index in [1.807, 2.05) is 17.0 Å². The van der Waals surface area contributed by atoms with Crippen molar-refractivity contribution in [2.75, 3.05) is 31.5 Å². The number of nitrogens with one attached hydrogen (secondary N) is 2. The molecule has 3 heterocycles. The molecule has 3 aliphatic rings. The minimum Gasteiger partial charge on any atom is -0.361 e. The second-order valence-electron chi connectivity index (χ2n) is 10.5. The molecular weight excluding hydrogens is 436 g/mol. The van der Waals surface area contributed by atoms with Gasteiger partial charge in [-0.1, -0.05) is 24.3 Å². The van der Waals surface area contributed by atoms with Crippen molar-refractivity contribution in [2.24, 2.45) is 11.8 Å². The summed E-state index contributed by atoms with van der Waals surface area (Å²) in [5.41, 5.74) is 5.98. The Hall–Kier alpha value is -3.12. The minimum absolute atomic E-state index is 0.0331. The molecule has 2 saturated heterocycles. The lowest BCUT2D eigenvalue weighted by atomic mass is 9.87. The van der Waals surface area contributed by atoms with Crippen LogP contribution in [0.5, 0.6) is 0 Å². The van der Waals surface area contributed by atoms with Crippen LogP contribution in [-0.4, -0.2) is 52.8 Å². The Bertz CT molecular complexity index is 1240. The first-order chi connectivity index (χ1) is 17.1. The third-order valence-electron chi connectivity index (χ3n) is 8.10. The average Bonchev–Trinajstić information content (AvgIpc) is 3.65. The van der Waals surface area contributed by atoms with Gasteiger partial charge in [0.05, 0.1) is 11.8 Å². The van der Waals surface area contributed by atoms with Crippen LogP contribution in [0.2, 0.25) is 0 Å². The average molecular weight is 471 g/mol. The zero-order valence-corrected chi connectivity index (χ0v) is 20.3. The summed E-state index contributed by atoms with van der Waals surface area (Å²) in [6, 6.07) is 14.6. The first-order valence-corrected chi connectivity index (χ1v) is 13.1. The molecule has 0 radical (unpaired) electrons. The van der Waals surface area contributed by atoms with Gasteiger partial charge in [0.15, 0.2) is 0 Å². The van der Waals surface area contributed by atoms with Gasteiger partial charge in [0, 0.05) is 55.5 Å². The van der Waals surface area contributed by atoms with E-state index in [9.17, 15) is 9.59 Å². The molecule has 6 rings (SSSR count). The Balaban J connectivity index is 1.21. The highest BCUT2D eigenvalue weighted by Gasteiger charge is 2.37. The maximum atomic E-state index is 13.4. The van der Waals surface area contributed by atoms with Crippen LogP contribution in [0.1, 0.15) is 42.4 Å². The van der Waals surface area contributed by atoms with Crippen LogP contribution >= 0.6 is 0 Å². The molecule has 3 aromatic rings. The molecule has 0 bridgehead atoms. The zero-order valence-electron chi connectivity index (χ0n) is 20.3. The maximum Gasteiger partial charge on any atom is 0.228 e. The van der Waals surface area contributed by atoms with Gasteiger partial charge in [-0.3, -0.25) is 14.5 Å². The quantitative estimate of drug-likeness (QED) is 0.582. The number of aromatic nitrogens is 1. The monoisotopic (exact) mass is 470 g/mol. The van der Waals surface area contributed by atoms with Crippen molar-refractivity contribution in [3.05, 3.63) is 65.4 Å². The lowest BCUT2D eigenvalue weighted by Gasteiger charge is -2.37. The number of carbonyl (C=O) groups excluding carboxylic acids is 2. The highest BCUT2D eigenvalue weighted by molar-refractivity contribution is 5.93. The molecule has 2 atom stereocenters. The summed E-state index contributed by atoms with van der Waals surface area (Å²) in [5.74, 6) is -0.0890. The normalized spacial score (nSPS) is 22.5. The van der Waals surface area contributed by atoms with Gasteiger partial charge in [-0.05, 0) is 73.4 Å². The predicted molar refractivity (Wildman–Crippen MR) is 138 cm³/mol. The fourth-order valence-electron chi connectivity index (χ4n) is 6.28. The number of likely N-dealkylation sites (tertiary alicyclic amines) is 2. The lowest BCUT2D eigenvalue weighted by molar-refractivity contribution is -0.138. The van der Waals surface area contributed by atoms with Crippen molar-refractivity contribution in [3.8, 4) is 0 Å². The molecule has 1 aliphatic carbocycles. The van der Waals surface area contributed by atoms with E-state index in [4.69, 9.17) is 0 Å². The van der Waals surface area contributed by atoms with Crippen LogP contribution < -0.4 is 5.32 Å². The standard InChI is InChI=1S/C29H34N4O2/c34-28(31-25-11-10-20-6-5-7-21(20)15-25)22-14-23(29(35)33-12-3-4-13-33)18-32(17-22)19-24-16-30-27-9-2-1-8-26(24)27/h1-2,8-11,15-16,22-23,30H,3-7,12-14,17-19H2,(H,31,34)/t22-,23+/m1/s1. The van der Waals surface area contributed by atoms with Gasteiger partial charge < -0.3 is 15.2 Å². The number of amides is 2. The highest BCUT2D eigenvalue weighted by Crippen LogP contribution is 2.30. The van der Waals surface area contributed by atoms with E-state index in [1.54, 1.807) is 0 Å². The Morgan fingerprint density at radius 2 is 1.74 bits per heavy atom. The van der Waals surface area contributed by atoms with E-state index < -0.39 is 0 Å². The molecule has 35 heavy (non-hydrogen) atoms. The number of aromatic amines is 1. The maximum absolute atomic E-state index is 13.4. The van der Waals surface area contributed by atoms with Crippen molar-refractivity contribution in [1.82, 2.24) is 14.8 Å². The summed E-state index contributed by atoms with van der Waals surface area (Å²) < 4.78 is 0. The van der Waals surface area contributed by atoms with Crippen molar-refractivity contribution in [1.29, 1.82) is 0 Å². The van der Waals surface area contributed by atoms with E-state index in [2.05, 4.69) is 51.7 Å². The summed E-state index contributed by atoms with van der Waals surface area (Å²) in [6.07, 6.45) is 8.27. The molecule has 2 aromatic carbocycles. The molecule has 6 nitrogen and oxygen atoms in total. The number of hydrogen-bond acceptors (Lipinski definition) is 3. The first-order valence-electron chi connectivity index (χ1n) is 13.1. The van der Waals surface area contributed by atoms with Crippen molar-refractivity contribution in [2.45, 2.75) is 45.1 Å². The Labute approximate surface area is 206 Å². The van der Waals surface area contributed by atoms with E-state index in [0.29, 0.717) is 19.5 Å². The number of piperidine rings is 1. The molecule has 182 valence electrons. The van der Waals surface area contributed by atoms with Crippen molar-refractivity contribution < 1.29 is 9.59 Å². The second-order valence-corrected chi connectivity index (χ2v) is 10.5. The van der Waals surface area contributed by atoms with Crippen LogP contribution in [0.15, 0.2) is 48.7 Å². The number of carbonyl (C=O) groups is 2. The smallest absolute Gasteiger partial charge is 0.228 e. The minimum atomic E-state index is -0.209. The van der Waals surface area contributed by atoms with E-state index in [-0.39, 0.29) is 23.7 Å². The number of rotatable bonds is 5. The summed E-state index contributed by atoms with van der Waals surface area (Å²) in [4.78, 5) is 34.5. The van der Waals surface area contributed by atoms with Gasteiger partial charge in [0.25, 0.3) is 0 Å². The second kappa shape index (κ2) is 9.50. The molecular formula is C29H34N4O2. The molecule has 2 fully saturated rings. The molecule has 2 aliphatic heterocycles. The Morgan fingerprint density at radius 3 is 2.63 bits per heavy atom. The van der Waals surface area contributed by atoms with Gasteiger partial charge in [0.1, 0.15) is 0 Å². The SMILES string of the molecule is O=C(Nc1ccc2c(c1)CCC2)[C@@H]1C[C@H](C(=O)N2CCCC2)CN(Cc2c[nH]c3ccccc23)C1. The summed E-state index contributed by atoms with van der Waals surface area (Å²) in [6.45, 7) is 3.81. The molecule has 6 heteroatoms. The molecule has 0 unspecified atom stereocenters. The zero-order chi connectivity index (χ0) is 23.8. The number of benzene rings is 2. The number of fused-ring (bicyclic) bond motifs is 2. The molecule has 1 aromatic heterocycles. The molecule has 0 saturated carbocycles. The Kier molecular flexibility index (Phi) is 6.06. The first kappa shape index (κ1) is 22.4. The Morgan fingerprint density at radius 1 is 0.943 bits per heavy atom. The number of aryl methyl sites for hydroxylation is 2. The predicted octanol–water partition coefficient (Wildman–Crippen LogP) is 4.36. The lowest BCUT2D eigenvalue weighted by Crippen LogP contribution is -2.49. The van der Waals surface area contributed by atoms with Gasteiger partial charge in [-0.2, -0.15) is 0 Å². The summed E-state index contributed by atoms with van der Waals surface area (Å²) in [7, 11) is 0. The van der Waals surface area contributed by atoms with Crippen molar-refractivity contribution in [3.63, 3.8) is 0 Å². The van der Waals surface area contributed by atoms with Crippen LogP contribution in [0.25, 0.3) is 10.9 Å². The number of hydrogen-bond donors (Lipinski definition) is 2. The molecule has 2 amide bonds. The molecule has 2 N–H and O–H groups in total. The summed E-state index contributed by atoms with van der Waals surface area (Å²) >= 11 is 0. The van der Waals surface area contributed by atoms with E-state index in [0.717, 1.165) is 56.5 Å². The molecule has 0 spiro atoms. The largest absolute Gasteiger partial charge is 0.361 e. The van der Waals surface area contributed by atoms with Gasteiger partial charge >= 0.3 is 0 Å². The third-order valence-corrected chi connectivity index (χ3v) is 8.10. The van der Waals surface area contributed by atoms with E-state index >= 15 is 0 Å². The van der Waals surface area contributed by atoms with Gasteiger partial charge in [0.2, 0.25) is 11.8 Å². The summed E-state index contributed by atoms with van der Waals surface area (Å²) in [5, 5.41) is 4.39.